The van der Waals surface area contributed by atoms with Crippen LogP contribution in [0.3, 0.4) is 0 Å². The normalized spacial score (nSPS) is 24.5. The number of carbonyl (C=O) groups is 1. The van der Waals surface area contributed by atoms with E-state index in [1.165, 1.54) is 0 Å². The Morgan fingerprint density at radius 1 is 1.27 bits per heavy atom. The fourth-order valence-electron chi connectivity index (χ4n) is 3.35. The lowest BCUT2D eigenvalue weighted by atomic mass is 9.80. The van der Waals surface area contributed by atoms with Gasteiger partial charge in [0, 0.05) is 23.8 Å². The monoisotopic (exact) mass is 312 g/mol. The van der Waals surface area contributed by atoms with Gasteiger partial charge in [-0.25, -0.2) is 0 Å². The van der Waals surface area contributed by atoms with Gasteiger partial charge in [-0.2, -0.15) is 13.2 Å². The molecule has 1 heterocycles. The van der Waals surface area contributed by atoms with Gasteiger partial charge < -0.3 is 10.6 Å². The summed E-state index contributed by atoms with van der Waals surface area (Å²) in [6.07, 6.45) is -2.27. The van der Waals surface area contributed by atoms with Crippen LogP contribution < -0.4 is 10.6 Å². The Hall–Kier alpha value is -1.72. The van der Waals surface area contributed by atoms with Gasteiger partial charge in [-0.05, 0) is 49.4 Å². The fourth-order valence-corrected chi connectivity index (χ4v) is 3.35. The summed E-state index contributed by atoms with van der Waals surface area (Å²) in [5.74, 6) is -2.19. The van der Waals surface area contributed by atoms with E-state index in [1.54, 1.807) is 6.07 Å². The number of halogens is 3. The lowest BCUT2D eigenvalue weighted by Gasteiger charge is -2.29. The van der Waals surface area contributed by atoms with Gasteiger partial charge in [0.25, 0.3) is 0 Å². The van der Waals surface area contributed by atoms with Crippen LogP contribution in [-0.4, -0.2) is 18.6 Å². The Bertz CT molecular complexity index is 571. The van der Waals surface area contributed by atoms with E-state index < -0.39 is 18.0 Å². The number of fused-ring (bicyclic) bond motifs is 1. The number of alkyl halides is 3. The third-order valence-corrected chi connectivity index (χ3v) is 4.59. The highest BCUT2D eigenvalue weighted by Crippen LogP contribution is 2.40. The first kappa shape index (κ1) is 15.2. The van der Waals surface area contributed by atoms with E-state index >= 15 is 0 Å². The number of hydrogen-bond acceptors (Lipinski definition) is 2. The maximum absolute atomic E-state index is 12.8. The molecule has 1 saturated carbocycles. The zero-order chi connectivity index (χ0) is 15.7. The second kappa shape index (κ2) is 5.82. The highest BCUT2D eigenvalue weighted by molar-refractivity contribution is 5.93. The molecule has 0 bridgehead atoms. The van der Waals surface area contributed by atoms with Crippen LogP contribution in [-0.2, 0) is 11.2 Å². The molecule has 0 aromatic heterocycles. The van der Waals surface area contributed by atoms with E-state index in [0.717, 1.165) is 24.2 Å². The van der Waals surface area contributed by atoms with Gasteiger partial charge in [-0.1, -0.05) is 6.42 Å². The largest absolute Gasteiger partial charge is 0.391 e. The molecule has 1 fully saturated rings. The molecule has 1 aliphatic heterocycles. The van der Waals surface area contributed by atoms with E-state index in [9.17, 15) is 18.0 Å². The van der Waals surface area contributed by atoms with Crippen LogP contribution in [0.1, 0.15) is 31.2 Å². The van der Waals surface area contributed by atoms with Gasteiger partial charge in [0.2, 0.25) is 5.91 Å². The summed E-state index contributed by atoms with van der Waals surface area (Å²) in [5.41, 5.74) is 2.86. The van der Waals surface area contributed by atoms with Crippen molar-refractivity contribution < 1.29 is 18.0 Å². The van der Waals surface area contributed by atoms with Crippen LogP contribution in [0.15, 0.2) is 18.2 Å². The van der Waals surface area contributed by atoms with Crippen LogP contribution >= 0.6 is 0 Å². The maximum atomic E-state index is 12.8. The van der Waals surface area contributed by atoms with Crippen molar-refractivity contribution in [2.75, 3.05) is 17.2 Å². The minimum atomic E-state index is -4.20. The molecule has 0 saturated heterocycles. The van der Waals surface area contributed by atoms with Gasteiger partial charge >= 0.3 is 6.18 Å². The molecule has 2 unspecified atom stereocenters. The molecule has 0 radical (unpaired) electrons. The molecule has 22 heavy (non-hydrogen) atoms. The van der Waals surface area contributed by atoms with Crippen molar-refractivity contribution in [3.8, 4) is 0 Å². The summed E-state index contributed by atoms with van der Waals surface area (Å²) in [6, 6.07) is 5.59. The summed E-state index contributed by atoms with van der Waals surface area (Å²) in [4.78, 5) is 12.2. The SMILES string of the molecule is O=C(Nc1ccc2c(c1)CCN2)C1CCCC(C(F)(F)F)C1. The predicted molar refractivity (Wildman–Crippen MR) is 78.8 cm³/mol. The Kier molecular flexibility index (Phi) is 4.02. The van der Waals surface area contributed by atoms with Gasteiger partial charge in [-0.3, -0.25) is 4.79 Å². The average Bonchev–Trinajstić information content (AvgIpc) is 2.94. The van der Waals surface area contributed by atoms with Crippen molar-refractivity contribution in [2.45, 2.75) is 38.3 Å². The quantitative estimate of drug-likeness (QED) is 0.868. The van der Waals surface area contributed by atoms with Crippen LogP contribution in [0.4, 0.5) is 24.5 Å². The molecule has 3 rings (SSSR count). The standard InChI is InChI=1S/C16H19F3N2O/c17-16(18,19)12-3-1-2-11(8-12)15(22)21-13-4-5-14-10(9-13)6-7-20-14/h4-5,9,11-12,20H,1-3,6-8H2,(H,21,22). The van der Waals surface area contributed by atoms with E-state index in [1.807, 2.05) is 12.1 Å². The Labute approximate surface area is 127 Å². The van der Waals surface area contributed by atoms with Crippen LogP contribution in [0.25, 0.3) is 0 Å². The van der Waals surface area contributed by atoms with E-state index in [0.29, 0.717) is 18.5 Å². The summed E-state index contributed by atoms with van der Waals surface area (Å²) in [7, 11) is 0. The first-order valence-corrected chi connectivity index (χ1v) is 7.68. The van der Waals surface area contributed by atoms with Crippen molar-refractivity contribution in [3.63, 3.8) is 0 Å². The molecule has 1 amide bonds. The Balaban J connectivity index is 1.64. The van der Waals surface area contributed by atoms with Gasteiger partial charge in [0.15, 0.2) is 0 Å². The molecule has 1 aliphatic carbocycles. The van der Waals surface area contributed by atoms with Gasteiger partial charge in [0.1, 0.15) is 0 Å². The number of benzene rings is 1. The number of carbonyl (C=O) groups excluding carboxylic acids is 1. The second-order valence-corrected chi connectivity index (χ2v) is 6.14. The summed E-state index contributed by atoms with van der Waals surface area (Å²) < 4.78 is 38.4. The van der Waals surface area contributed by atoms with Crippen molar-refractivity contribution in [2.24, 2.45) is 11.8 Å². The van der Waals surface area contributed by atoms with Crippen LogP contribution in [0, 0.1) is 11.8 Å². The third kappa shape index (κ3) is 3.20. The maximum Gasteiger partial charge on any atom is 0.391 e. The molecule has 6 heteroatoms. The lowest BCUT2D eigenvalue weighted by molar-refractivity contribution is -0.185. The molecule has 2 N–H and O–H groups in total. The highest BCUT2D eigenvalue weighted by atomic mass is 19.4. The van der Waals surface area contributed by atoms with Crippen molar-refractivity contribution in [1.82, 2.24) is 0 Å². The minimum absolute atomic E-state index is 0.0954. The second-order valence-electron chi connectivity index (χ2n) is 6.14. The molecule has 1 aromatic rings. The Morgan fingerprint density at radius 2 is 2.09 bits per heavy atom. The zero-order valence-electron chi connectivity index (χ0n) is 12.2. The first-order valence-electron chi connectivity index (χ1n) is 7.68. The van der Waals surface area contributed by atoms with Crippen molar-refractivity contribution >= 4 is 17.3 Å². The average molecular weight is 312 g/mol. The lowest BCUT2D eigenvalue weighted by Crippen LogP contribution is -2.34. The van der Waals surface area contributed by atoms with Gasteiger partial charge in [-0.15, -0.1) is 0 Å². The molecular weight excluding hydrogens is 293 g/mol. The molecule has 2 atom stereocenters. The van der Waals surface area contributed by atoms with E-state index in [-0.39, 0.29) is 18.7 Å². The van der Waals surface area contributed by atoms with Crippen molar-refractivity contribution in [3.05, 3.63) is 23.8 Å². The molecule has 2 aliphatic rings. The molecule has 3 nitrogen and oxygen atoms in total. The fraction of sp³-hybridized carbons (Fsp3) is 0.562. The molecule has 0 spiro atoms. The van der Waals surface area contributed by atoms with Gasteiger partial charge in [0.05, 0.1) is 5.92 Å². The van der Waals surface area contributed by atoms with Crippen molar-refractivity contribution in [1.29, 1.82) is 0 Å². The first-order chi connectivity index (χ1) is 10.4. The topological polar surface area (TPSA) is 41.1 Å². The minimum Gasteiger partial charge on any atom is -0.384 e. The Morgan fingerprint density at radius 3 is 2.86 bits per heavy atom. The summed E-state index contributed by atoms with van der Waals surface area (Å²) in [6.45, 7) is 0.878. The zero-order valence-corrected chi connectivity index (χ0v) is 12.2. The molecule has 120 valence electrons. The van der Waals surface area contributed by atoms with Crippen LogP contribution in [0.5, 0.6) is 0 Å². The number of rotatable bonds is 2. The molecule has 1 aromatic carbocycles. The third-order valence-electron chi connectivity index (χ3n) is 4.59. The number of hydrogen-bond donors (Lipinski definition) is 2. The number of nitrogens with one attached hydrogen (secondary N) is 2. The molecular formula is C16H19F3N2O. The highest BCUT2D eigenvalue weighted by Gasteiger charge is 2.43. The van der Waals surface area contributed by atoms with E-state index in [2.05, 4.69) is 10.6 Å². The number of anilines is 2. The summed E-state index contributed by atoms with van der Waals surface area (Å²) >= 11 is 0. The van der Waals surface area contributed by atoms with E-state index in [4.69, 9.17) is 0 Å². The smallest absolute Gasteiger partial charge is 0.384 e. The summed E-state index contributed by atoms with van der Waals surface area (Å²) in [5, 5.41) is 6.01. The number of amides is 1. The van der Waals surface area contributed by atoms with Crippen LogP contribution in [0.2, 0.25) is 0 Å². The predicted octanol–water partition coefficient (Wildman–Crippen LogP) is 3.96.